The quantitative estimate of drug-likeness (QED) is 0.120. The van der Waals surface area contributed by atoms with Gasteiger partial charge in [-0.1, -0.05) is 25.7 Å². The third-order valence-electron chi connectivity index (χ3n) is 5.39. The number of hydrogen-bond donors (Lipinski definition) is 2. The lowest BCUT2D eigenvalue weighted by Gasteiger charge is -2.27. The van der Waals surface area contributed by atoms with Crippen molar-refractivity contribution in [3.05, 3.63) is 0 Å². The van der Waals surface area contributed by atoms with Gasteiger partial charge in [-0.3, -0.25) is 9.79 Å². The maximum Gasteiger partial charge on any atom is 0.305 e. The van der Waals surface area contributed by atoms with Crippen LogP contribution in [0.2, 0.25) is 0 Å². The molecule has 7 heteroatoms. The number of unbranched alkanes of at least 4 members (excludes halogenated alkanes) is 3. The minimum absolute atomic E-state index is 0. The van der Waals surface area contributed by atoms with Crippen molar-refractivity contribution in [1.82, 2.24) is 10.6 Å². The molecule has 1 rings (SSSR count). The van der Waals surface area contributed by atoms with Crippen molar-refractivity contribution >= 4 is 35.9 Å². The van der Waals surface area contributed by atoms with Crippen molar-refractivity contribution in [3.8, 4) is 0 Å². The molecule has 1 aliphatic rings. The molecule has 0 radical (unpaired) electrons. The summed E-state index contributed by atoms with van der Waals surface area (Å²) < 4.78 is 10.3. The summed E-state index contributed by atoms with van der Waals surface area (Å²) in [6.07, 6.45) is 11.0. The van der Waals surface area contributed by atoms with Gasteiger partial charge in [0.2, 0.25) is 0 Å². The largest absolute Gasteiger partial charge is 0.469 e. The molecular formula is C21H42IN3O3. The highest BCUT2D eigenvalue weighted by molar-refractivity contribution is 14.0. The first kappa shape index (κ1) is 27.4. The average Bonchev–Trinajstić information content (AvgIpc) is 3.14. The molecule has 0 aromatic heterocycles. The molecule has 0 aliphatic heterocycles. The van der Waals surface area contributed by atoms with Gasteiger partial charge in [0.15, 0.2) is 5.96 Å². The summed E-state index contributed by atoms with van der Waals surface area (Å²) in [5.41, 5.74) is 0.325. The van der Waals surface area contributed by atoms with Gasteiger partial charge in [0.05, 0.1) is 7.11 Å². The Hall–Kier alpha value is -0.570. The molecule has 2 N–H and O–H groups in total. The summed E-state index contributed by atoms with van der Waals surface area (Å²) in [6.45, 7) is 8.47. The van der Waals surface area contributed by atoms with Gasteiger partial charge in [-0.15, -0.1) is 24.0 Å². The number of aliphatic imine (C=N–C) groups is 1. The Morgan fingerprint density at radius 1 is 1.07 bits per heavy atom. The summed E-state index contributed by atoms with van der Waals surface area (Å²) in [5, 5.41) is 6.82. The normalized spacial score (nSPS) is 15.8. The van der Waals surface area contributed by atoms with Gasteiger partial charge < -0.3 is 20.1 Å². The first-order valence-corrected chi connectivity index (χ1v) is 10.8. The van der Waals surface area contributed by atoms with E-state index < -0.39 is 0 Å². The second-order valence-corrected chi connectivity index (χ2v) is 7.52. The van der Waals surface area contributed by atoms with Gasteiger partial charge in [0.1, 0.15) is 0 Å². The van der Waals surface area contributed by atoms with Crippen molar-refractivity contribution < 1.29 is 14.3 Å². The zero-order chi connectivity index (χ0) is 19.8. The fourth-order valence-corrected chi connectivity index (χ4v) is 3.69. The van der Waals surface area contributed by atoms with Gasteiger partial charge in [-0.2, -0.15) is 0 Å². The van der Waals surface area contributed by atoms with E-state index in [1.54, 1.807) is 0 Å². The van der Waals surface area contributed by atoms with Gasteiger partial charge in [0.25, 0.3) is 0 Å². The number of rotatable bonds is 14. The molecule has 1 aliphatic carbocycles. The van der Waals surface area contributed by atoms with Crippen molar-refractivity contribution in [2.45, 2.75) is 78.1 Å². The summed E-state index contributed by atoms with van der Waals surface area (Å²) in [7, 11) is 1.44. The number of methoxy groups -OCH3 is 1. The molecule has 0 atom stereocenters. The molecule has 0 aromatic rings. The van der Waals surface area contributed by atoms with E-state index in [9.17, 15) is 4.79 Å². The number of ether oxygens (including phenoxy) is 2. The summed E-state index contributed by atoms with van der Waals surface area (Å²) in [4.78, 5) is 16.0. The van der Waals surface area contributed by atoms with E-state index >= 15 is 0 Å². The molecule has 28 heavy (non-hydrogen) atoms. The molecule has 0 bridgehead atoms. The van der Waals surface area contributed by atoms with Crippen LogP contribution in [0.4, 0.5) is 0 Å². The zero-order valence-corrected chi connectivity index (χ0v) is 20.5. The highest BCUT2D eigenvalue weighted by atomic mass is 127. The lowest BCUT2D eigenvalue weighted by atomic mass is 9.83. The zero-order valence-electron chi connectivity index (χ0n) is 18.2. The predicted molar refractivity (Wildman–Crippen MR) is 127 cm³/mol. The highest BCUT2D eigenvalue weighted by Crippen LogP contribution is 2.41. The topological polar surface area (TPSA) is 72.0 Å². The molecule has 166 valence electrons. The number of nitrogens with zero attached hydrogens (tertiary/aromatic N) is 1. The Balaban J connectivity index is 0.00000729. The van der Waals surface area contributed by atoms with E-state index in [2.05, 4.69) is 29.2 Å². The van der Waals surface area contributed by atoms with Crippen molar-refractivity contribution in [2.75, 3.05) is 40.0 Å². The second kappa shape index (κ2) is 17.3. The van der Waals surface area contributed by atoms with Crippen LogP contribution in [0.5, 0.6) is 0 Å². The van der Waals surface area contributed by atoms with Crippen molar-refractivity contribution in [2.24, 2.45) is 10.4 Å². The van der Waals surface area contributed by atoms with Crippen LogP contribution in [0.3, 0.4) is 0 Å². The molecule has 0 unspecified atom stereocenters. The molecule has 0 amide bonds. The number of carbonyl (C=O) groups is 1. The first-order chi connectivity index (χ1) is 13.2. The third kappa shape index (κ3) is 12.1. The van der Waals surface area contributed by atoms with Crippen LogP contribution in [0.25, 0.3) is 0 Å². The Bertz CT molecular complexity index is 427. The molecule has 6 nitrogen and oxygen atoms in total. The van der Waals surface area contributed by atoms with Gasteiger partial charge in [-0.05, 0) is 51.4 Å². The monoisotopic (exact) mass is 511 g/mol. The lowest BCUT2D eigenvalue weighted by Crippen LogP contribution is -2.39. The molecule has 0 heterocycles. The second-order valence-electron chi connectivity index (χ2n) is 7.52. The van der Waals surface area contributed by atoms with Crippen LogP contribution in [0, 0.1) is 5.41 Å². The van der Waals surface area contributed by atoms with E-state index in [1.807, 2.05) is 0 Å². The Morgan fingerprint density at radius 2 is 1.79 bits per heavy atom. The number of guanidine groups is 1. The summed E-state index contributed by atoms with van der Waals surface area (Å²) >= 11 is 0. The van der Waals surface area contributed by atoms with E-state index in [-0.39, 0.29) is 29.9 Å². The van der Waals surface area contributed by atoms with Gasteiger partial charge >= 0.3 is 5.97 Å². The number of hydrogen-bond acceptors (Lipinski definition) is 4. The van der Waals surface area contributed by atoms with Crippen LogP contribution in [-0.4, -0.2) is 51.9 Å². The van der Waals surface area contributed by atoms with Crippen LogP contribution >= 0.6 is 24.0 Å². The van der Waals surface area contributed by atoms with E-state index in [1.165, 1.54) is 32.8 Å². The summed E-state index contributed by atoms with van der Waals surface area (Å²) in [6, 6.07) is 0. The van der Waals surface area contributed by atoms with Crippen molar-refractivity contribution in [1.29, 1.82) is 0 Å². The molecule has 1 saturated carbocycles. The number of esters is 1. The lowest BCUT2D eigenvalue weighted by molar-refractivity contribution is -0.140. The number of nitrogens with one attached hydrogen (secondary N) is 2. The molecule has 0 saturated heterocycles. The van der Waals surface area contributed by atoms with Crippen LogP contribution in [0.1, 0.15) is 78.1 Å². The molecule has 0 aromatic carbocycles. The van der Waals surface area contributed by atoms with E-state index in [4.69, 9.17) is 9.73 Å². The standard InChI is InChI=1S/C21H41N3O3.HI/c1-4-22-20(23-16-11-7-6-8-12-19(25)26-3)24-18-21(13-9-10-14-21)15-17-27-5-2;/h4-18H2,1-3H3,(H2,22,23,24);1H. The average molecular weight is 511 g/mol. The van der Waals surface area contributed by atoms with E-state index in [0.717, 1.165) is 70.9 Å². The number of halogens is 1. The summed E-state index contributed by atoms with van der Waals surface area (Å²) in [5.74, 6) is 0.814. The third-order valence-corrected chi connectivity index (χ3v) is 5.39. The Kier molecular flexibility index (Phi) is 16.9. The molecule has 1 fully saturated rings. The molecular weight excluding hydrogens is 469 g/mol. The fourth-order valence-electron chi connectivity index (χ4n) is 3.69. The Morgan fingerprint density at radius 3 is 2.43 bits per heavy atom. The SMILES string of the molecule is CCNC(=NCC1(CCOCC)CCCC1)NCCCCCCC(=O)OC.I. The van der Waals surface area contributed by atoms with Crippen LogP contribution < -0.4 is 10.6 Å². The maximum absolute atomic E-state index is 11.1. The smallest absolute Gasteiger partial charge is 0.305 e. The maximum atomic E-state index is 11.1. The molecule has 0 spiro atoms. The van der Waals surface area contributed by atoms with Gasteiger partial charge in [0, 0.05) is 39.3 Å². The van der Waals surface area contributed by atoms with Crippen LogP contribution in [-0.2, 0) is 14.3 Å². The van der Waals surface area contributed by atoms with E-state index in [0.29, 0.717) is 11.8 Å². The minimum atomic E-state index is -0.111. The van der Waals surface area contributed by atoms with Crippen molar-refractivity contribution in [3.63, 3.8) is 0 Å². The fraction of sp³-hybridized carbons (Fsp3) is 0.905. The highest BCUT2D eigenvalue weighted by Gasteiger charge is 2.33. The predicted octanol–water partition coefficient (Wildman–Crippen LogP) is 4.27. The first-order valence-electron chi connectivity index (χ1n) is 10.8. The Labute approximate surface area is 189 Å². The minimum Gasteiger partial charge on any atom is -0.469 e. The van der Waals surface area contributed by atoms with Crippen LogP contribution in [0.15, 0.2) is 4.99 Å². The number of carbonyl (C=O) groups excluding carboxylic acids is 1. The van der Waals surface area contributed by atoms with Gasteiger partial charge in [-0.25, -0.2) is 0 Å².